The van der Waals surface area contributed by atoms with E-state index >= 15 is 0 Å². The van der Waals surface area contributed by atoms with Gasteiger partial charge in [-0.25, -0.2) is 0 Å². The van der Waals surface area contributed by atoms with Crippen LogP contribution < -0.4 is 15.9 Å². The predicted octanol–water partition coefficient (Wildman–Crippen LogP) is 6.48. The molecule has 2 nitrogen and oxygen atoms in total. The lowest BCUT2D eigenvalue weighted by atomic mass is 9.78. The maximum Gasteiger partial charge on any atom is 0.115 e. The van der Waals surface area contributed by atoms with Crippen LogP contribution in [0.4, 0.5) is 0 Å². The summed E-state index contributed by atoms with van der Waals surface area (Å²) in [4.78, 5) is 0. The Morgan fingerprint density at radius 2 is 1.32 bits per heavy atom. The standard InChI is InChI=1S/C33H40O2P.CH3/c1-26(20-21-31-30(32(2,3)34)22-24-33(31,4)35)23-25-36(27-14-8-5-9-15-27,28-16-10-6-11-17-28)29-18-12-7-13-19-29;/h5-21,23,30-31,34-35H,22,24-25H2,1-4H3;1H3/q+1;-1/b21-20+,26-23+;. The molecule has 1 aliphatic carbocycles. The van der Waals surface area contributed by atoms with Crippen LogP contribution >= 0.6 is 7.26 Å². The van der Waals surface area contributed by atoms with E-state index in [1.54, 1.807) is 0 Å². The molecule has 0 aliphatic heterocycles. The highest BCUT2D eigenvalue weighted by Gasteiger charge is 2.48. The van der Waals surface area contributed by atoms with Crippen molar-refractivity contribution < 1.29 is 10.2 Å². The molecule has 0 aromatic heterocycles. The fourth-order valence-corrected chi connectivity index (χ4v) is 9.91. The Morgan fingerprint density at radius 3 is 1.73 bits per heavy atom. The first-order chi connectivity index (χ1) is 17.1. The summed E-state index contributed by atoms with van der Waals surface area (Å²) in [5.74, 6) is -0.0288. The molecule has 0 spiro atoms. The van der Waals surface area contributed by atoms with Crippen LogP contribution in [0.2, 0.25) is 0 Å². The van der Waals surface area contributed by atoms with Gasteiger partial charge in [-0.1, -0.05) is 72.3 Å². The number of allylic oxidation sites excluding steroid dienone is 3. The van der Waals surface area contributed by atoms with E-state index in [0.29, 0.717) is 6.42 Å². The molecule has 3 atom stereocenters. The Morgan fingerprint density at radius 1 is 0.892 bits per heavy atom. The van der Waals surface area contributed by atoms with Crippen molar-refractivity contribution >= 4 is 23.2 Å². The van der Waals surface area contributed by atoms with Gasteiger partial charge in [-0.05, 0) is 88.9 Å². The van der Waals surface area contributed by atoms with Crippen molar-refractivity contribution in [3.8, 4) is 0 Å². The van der Waals surface area contributed by atoms with Gasteiger partial charge in [0.1, 0.15) is 23.2 Å². The van der Waals surface area contributed by atoms with E-state index in [9.17, 15) is 10.2 Å². The molecule has 3 heteroatoms. The minimum atomic E-state index is -1.92. The van der Waals surface area contributed by atoms with Crippen molar-refractivity contribution in [2.24, 2.45) is 11.8 Å². The Kier molecular flexibility index (Phi) is 9.35. The second-order valence-corrected chi connectivity index (χ2v) is 14.5. The molecule has 0 heterocycles. The molecule has 3 unspecified atom stereocenters. The number of aliphatic hydroxyl groups is 2. The first-order valence-electron chi connectivity index (χ1n) is 13.0. The van der Waals surface area contributed by atoms with E-state index in [-0.39, 0.29) is 19.3 Å². The third-order valence-electron chi connectivity index (χ3n) is 7.86. The lowest BCUT2D eigenvalue weighted by Crippen LogP contribution is -2.39. The smallest absolute Gasteiger partial charge is 0.115 e. The molecule has 0 radical (unpaired) electrons. The molecular weight excluding hydrogens is 471 g/mol. The summed E-state index contributed by atoms with van der Waals surface area (Å²) >= 11 is 0. The van der Waals surface area contributed by atoms with Crippen LogP contribution in [0.1, 0.15) is 40.5 Å². The quantitative estimate of drug-likeness (QED) is 0.205. The number of benzene rings is 3. The molecule has 0 saturated heterocycles. The minimum Gasteiger partial charge on any atom is -0.390 e. The molecular formula is C34H43O2P. The number of hydrogen-bond acceptors (Lipinski definition) is 2. The van der Waals surface area contributed by atoms with Crippen molar-refractivity contribution in [3.05, 3.63) is 122 Å². The van der Waals surface area contributed by atoms with Crippen LogP contribution in [-0.4, -0.2) is 27.6 Å². The molecule has 0 bridgehead atoms. The van der Waals surface area contributed by atoms with Crippen LogP contribution in [0, 0.1) is 19.3 Å². The van der Waals surface area contributed by atoms with Gasteiger partial charge in [-0.2, -0.15) is 0 Å². The van der Waals surface area contributed by atoms with Crippen LogP contribution in [-0.2, 0) is 0 Å². The van der Waals surface area contributed by atoms with Crippen molar-refractivity contribution in [3.63, 3.8) is 0 Å². The van der Waals surface area contributed by atoms with Crippen molar-refractivity contribution in [2.45, 2.75) is 51.7 Å². The summed E-state index contributed by atoms with van der Waals surface area (Å²) in [6.45, 7) is 7.78. The lowest BCUT2D eigenvalue weighted by Gasteiger charge is -2.33. The fraction of sp³-hybridized carbons (Fsp3) is 0.324. The maximum atomic E-state index is 11.0. The molecule has 3 aromatic rings. The Balaban J connectivity index is 0.00000380. The number of rotatable bonds is 8. The molecule has 4 rings (SSSR count). The highest BCUT2D eigenvalue weighted by Crippen LogP contribution is 2.55. The minimum absolute atomic E-state index is 0. The second-order valence-electron chi connectivity index (χ2n) is 11.0. The van der Waals surface area contributed by atoms with Crippen LogP contribution in [0.25, 0.3) is 0 Å². The lowest BCUT2D eigenvalue weighted by molar-refractivity contribution is -0.0294. The highest BCUT2D eigenvalue weighted by atomic mass is 31.2. The first-order valence-corrected chi connectivity index (χ1v) is 15.0. The van der Waals surface area contributed by atoms with Gasteiger partial charge in [0, 0.05) is 5.92 Å². The Labute approximate surface area is 225 Å². The highest BCUT2D eigenvalue weighted by molar-refractivity contribution is 7.95. The Bertz CT molecular complexity index is 1080. The zero-order chi connectivity index (χ0) is 25.8. The fourth-order valence-electron chi connectivity index (χ4n) is 5.78. The van der Waals surface area contributed by atoms with Crippen molar-refractivity contribution in [1.29, 1.82) is 0 Å². The van der Waals surface area contributed by atoms with Gasteiger partial charge in [-0.3, -0.25) is 0 Å². The van der Waals surface area contributed by atoms with E-state index in [0.717, 1.165) is 12.6 Å². The normalized spacial score (nSPS) is 22.7. The summed E-state index contributed by atoms with van der Waals surface area (Å²) in [6, 6.07) is 32.8. The van der Waals surface area contributed by atoms with Gasteiger partial charge in [0.15, 0.2) is 0 Å². The molecule has 196 valence electrons. The van der Waals surface area contributed by atoms with E-state index in [1.807, 2.05) is 20.8 Å². The topological polar surface area (TPSA) is 40.5 Å². The van der Waals surface area contributed by atoms with Gasteiger partial charge in [0.25, 0.3) is 0 Å². The predicted molar refractivity (Wildman–Crippen MR) is 162 cm³/mol. The van der Waals surface area contributed by atoms with Crippen LogP contribution in [0.5, 0.6) is 0 Å². The second kappa shape index (κ2) is 11.9. The molecule has 1 fully saturated rings. The summed E-state index contributed by atoms with van der Waals surface area (Å²) < 4.78 is 0. The molecule has 3 aromatic carbocycles. The monoisotopic (exact) mass is 514 g/mol. The molecule has 1 saturated carbocycles. The van der Waals surface area contributed by atoms with Crippen molar-refractivity contribution in [2.75, 3.05) is 6.16 Å². The number of hydrogen-bond donors (Lipinski definition) is 2. The van der Waals surface area contributed by atoms with Gasteiger partial charge < -0.3 is 17.6 Å². The third kappa shape index (κ3) is 6.32. The summed E-state index contributed by atoms with van der Waals surface area (Å²) in [5.41, 5.74) is -0.433. The molecule has 2 N–H and O–H groups in total. The van der Waals surface area contributed by atoms with E-state index in [4.69, 9.17) is 0 Å². The third-order valence-corrected chi connectivity index (χ3v) is 12.1. The molecule has 0 amide bonds. The molecule has 37 heavy (non-hydrogen) atoms. The van der Waals surface area contributed by atoms with Crippen LogP contribution in [0.15, 0.2) is 115 Å². The van der Waals surface area contributed by atoms with Gasteiger partial charge in [0.05, 0.1) is 17.4 Å². The SMILES string of the molecule is CC(/C=C/C1C(C(C)(C)O)CCC1(C)O)=C\C[P+](c1ccccc1)(c1ccccc1)c1ccccc1.[CH3-]. The van der Waals surface area contributed by atoms with E-state index in [2.05, 4.69) is 116 Å². The van der Waals surface area contributed by atoms with Gasteiger partial charge in [0.2, 0.25) is 0 Å². The average molecular weight is 515 g/mol. The zero-order valence-electron chi connectivity index (χ0n) is 23.0. The molecule has 1 aliphatic rings. The van der Waals surface area contributed by atoms with E-state index < -0.39 is 18.5 Å². The van der Waals surface area contributed by atoms with Gasteiger partial charge >= 0.3 is 0 Å². The zero-order valence-corrected chi connectivity index (χ0v) is 23.9. The van der Waals surface area contributed by atoms with Gasteiger partial charge in [-0.15, -0.1) is 0 Å². The summed E-state index contributed by atoms with van der Waals surface area (Å²) in [5, 5.41) is 25.9. The first kappa shape index (κ1) is 29.1. The van der Waals surface area contributed by atoms with E-state index in [1.165, 1.54) is 21.5 Å². The average Bonchev–Trinajstić information content (AvgIpc) is 3.19. The maximum absolute atomic E-state index is 11.0. The van der Waals surface area contributed by atoms with Crippen molar-refractivity contribution in [1.82, 2.24) is 0 Å². The van der Waals surface area contributed by atoms with Crippen LogP contribution in [0.3, 0.4) is 0 Å². The summed E-state index contributed by atoms with van der Waals surface area (Å²) in [6.07, 6.45) is 9.11. The summed E-state index contributed by atoms with van der Waals surface area (Å²) in [7, 11) is -1.92. The Hall–Kier alpha value is -2.51. The largest absolute Gasteiger partial charge is 0.390 e.